The molecule has 1 aliphatic rings. The molecule has 0 fully saturated rings. The number of allylic oxidation sites excluding steroid dienone is 1. The summed E-state index contributed by atoms with van der Waals surface area (Å²) in [4.78, 5) is 17.0. The molecule has 1 N–H and O–H groups in total. The second-order valence-electron chi connectivity index (χ2n) is 6.25. The number of alkyl halides is 3. The highest BCUT2D eigenvalue weighted by atomic mass is 19.4. The molecule has 0 bridgehead atoms. The maximum Gasteiger partial charge on any atom is 0.416 e. The number of benzene rings is 2. The largest absolute Gasteiger partial charge is 0.463 e. The van der Waals surface area contributed by atoms with Crippen LogP contribution in [0, 0.1) is 0 Å². The topological polar surface area (TPSA) is 50.7 Å². The van der Waals surface area contributed by atoms with Gasteiger partial charge >= 0.3 is 12.1 Å². The molecule has 3 rings (SSSR count). The Bertz CT molecular complexity index is 934. The van der Waals surface area contributed by atoms with E-state index < -0.39 is 23.8 Å². The fourth-order valence-corrected chi connectivity index (χ4v) is 3.04. The van der Waals surface area contributed by atoms with E-state index in [0.29, 0.717) is 17.1 Å². The van der Waals surface area contributed by atoms with Crippen LogP contribution >= 0.6 is 0 Å². The van der Waals surface area contributed by atoms with Crippen LogP contribution in [-0.4, -0.2) is 18.4 Å². The number of rotatable bonds is 4. The second kappa shape index (κ2) is 7.88. The van der Waals surface area contributed by atoms with Crippen LogP contribution in [0.5, 0.6) is 0 Å². The highest BCUT2D eigenvalue weighted by Gasteiger charge is 2.34. The van der Waals surface area contributed by atoms with E-state index in [1.807, 2.05) is 30.3 Å². The summed E-state index contributed by atoms with van der Waals surface area (Å²) in [5.74, 6) is -0.126. The molecular formula is C21H19F3N2O2. The van der Waals surface area contributed by atoms with Crippen LogP contribution in [0.4, 0.5) is 13.2 Å². The van der Waals surface area contributed by atoms with Crippen molar-refractivity contribution in [3.05, 3.63) is 82.6 Å². The van der Waals surface area contributed by atoms with Crippen molar-refractivity contribution in [2.75, 3.05) is 6.61 Å². The molecule has 0 amide bonds. The zero-order valence-corrected chi connectivity index (χ0v) is 15.4. The predicted molar refractivity (Wildman–Crippen MR) is 99.6 cm³/mol. The van der Waals surface area contributed by atoms with Crippen LogP contribution in [0.25, 0.3) is 0 Å². The first-order valence-electron chi connectivity index (χ1n) is 8.77. The number of carbonyl (C=O) groups excluding carboxylic acids is 1. The number of nitrogens with zero attached hydrogens (tertiary/aromatic N) is 1. The van der Waals surface area contributed by atoms with Gasteiger partial charge in [-0.2, -0.15) is 13.2 Å². The van der Waals surface area contributed by atoms with E-state index >= 15 is 0 Å². The summed E-state index contributed by atoms with van der Waals surface area (Å²) >= 11 is 0. The smallest absolute Gasteiger partial charge is 0.416 e. The van der Waals surface area contributed by atoms with Crippen molar-refractivity contribution in [1.82, 2.24) is 5.32 Å². The van der Waals surface area contributed by atoms with Crippen molar-refractivity contribution in [3.8, 4) is 0 Å². The van der Waals surface area contributed by atoms with Crippen LogP contribution in [0.1, 0.15) is 36.6 Å². The average molecular weight is 388 g/mol. The highest BCUT2D eigenvalue weighted by Crippen LogP contribution is 2.34. The number of hydrogen-bond acceptors (Lipinski definition) is 4. The third kappa shape index (κ3) is 4.08. The van der Waals surface area contributed by atoms with Crippen LogP contribution < -0.4 is 5.32 Å². The predicted octanol–water partition coefficient (Wildman–Crippen LogP) is 4.63. The molecule has 1 heterocycles. The number of halogens is 3. The van der Waals surface area contributed by atoms with Gasteiger partial charge in [0.15, 0.2) is 0 Å². The van der Waals surface area contributed by atoms with Gasteiger partial charge in [-0.1, -0.05) is 42.5 Å². The van der Waals surface area contributed by atoms with Gasteiger partial charge in [0.1, 0.15) is 5.84 Å². The maximum absolute atomic E-state index is 13.2. The lowest BCUT2D eigenvalue weighted by molar-refractivity contribution is -0.139. The molecule has 0 saturated carbocycles. The summed E-state index contributed by atoms with van der Waals surface area (Å²) in [6.45, 7) is 3.47. The van der Waals surface area contributed by atoms with Gasteiger partial charge in [-0.05, 0) is 31.5 Å². The molecule has 7 heteroatoms. The van der Waals surface area contributed by atoms with Gasteiger partial charge in [0.2, 0.25) is 0 Å². The van der Waals surface area contributed by atoms with Crippen molar-refractivity contribution >= 4 is 11.8 Å². The molecule has 1 unspecified atom stereocenters. The van der Waals surface area contributed by atoms with E-state index in [9.17, 15) is 18.0 Å². The van der Waals surface area contributed by atoms with Crippen LogP contribution in [-0.2, 0) is 15.7 Å². The van der Waals surface area contributed by atoms with E-state index in [1.54, 1.807) is 19.9 Å². The van der Waals surface area contributed by atoms with Gasteiger partial charge in [0.25, 0.3) is 0 Å². The number of aliphatic imine (C=N–C) groups is 1. The Morgan fingerprint density at radius 2 is 1.86 bits per heavy atom. The van der Waals surface area contributed by atoms with E-state index in [2.05, 4.69) is 10.3 Å². The minimum atomic E-state index is -4.48. The summed E-state index contributed by atoms with van der Waals surface area (Å²) in [5, 5.41) is 3.11. The Morgan fingerprint density at radius 3 is 2.50 bits per heavy atom. The van der Waals surface area contributed by atoms with E-state index in [4.69, 9.17) is 4.74 Å². The first kappa shape index (κ1) is 19.7. The third-order valence-corrected chi connectivity index (χ3v) is 4.33. The maximum atomic E-state index is 13.2. The quantitative estimate of drug-likeness (QED) is 0.777. The molecule has 28 heavy (non-hydrogen) atoms. The number of esters is 1. The molecule has 1 aliphatic heterocycles. The summed E-state index contributed by atoms with van der Waals surface area (Å²) in [5.41, 5.74) is 0.887. The molecule has 2 aromatic carbocycles. The van der Waals surface area contributed by atoms with Gasteiger partial charge in [-0.3, -0.25) is 0 Å². The number of hydrogen-bond donors (Lipinski definition) is 1. The minimum absolute atomic E-state index is 0.153. The van der Waals surface area contributed by atoms with Crippen LogP contribution in [0.15, 0.2) is 70.9 Å². The van der Waals surface area contributed by atoms with Gasteiger partial charge in [-0.25, -0.2) is 9.79 Å². The highest BCUT2D eigenvalue weighted by molar-refractivity contribution is 6.03. The summed E-state index contributed by atoms with van der Waals surface area (Å²) in [7, 11) is 0. The molecule has 0 saturated heterocycles. The third-order valence-electron chi connectivity index (χ3n) is 4.33. The van der Waals surface area contributed by atoms with Crippen LogP contribution in [0.3, 0.4) is 0 Å². The van der Waals surface area contributed by atoms with Crippen molar-refractivity contribution in [3.63, 3.8) is 0 Å². The SMILES string of the molecule is CCOC(=O)C1=C(C)N=C(c2ccccc2)NC1c1cccc(C(F)(F)F)c1. The van der Waals surface area contributed by atoms with Crippen molar-refractivity contribution < 1.29 is 22.7 Å². The Labute approximate surface area is 160 Å². The van der Waals surface area contributed by atoms with Gasteiger partial charge in [-0.15, -0.1) is 0 Å². The van der Waals surface area contributed by atoms with Gasteiger partial charge in [0.05, 0.1) is 29.5 Å². The van der Waals surface area contributed by atoms with Gasteiger partial charge < -0.3 is 10.1 Å². The summed E-state index contributed by atoms with van der Waals surface area (Å²) in [6.07, 6.45) is -4.48. The van der Waals surface area contributed by atoms with E-state index in [0.717, 1.165) is 17.7 Å². The molecule has 146 valence electrons. The number of carbonyl (C=O) groups is 1. The molecule has 0 aliphatic carbocycles. The van der Waals surface area contributed by atoms with Crippen molar-refractivity contribution in [2.45, 2.75) is 26.1 Å². The zero-order chi connectivity index (χ0) is 20.3. The van der Waals surface area contributed by atoms with E-state index in [-0.39, 0.29) is 12.2 Å². The Hall–Kier alpha value is -3.09. The standard InChI is InChI=1S/C21H19F3N2O2/c1-3-28-20(27)17-13(2)25-19(14-8-5-4-6-9-14)26-18(17)15-10-7-11-16(12-15)21(22,23)24/h4-12,18H,3H2,1-2H3,(H,25,26). The Morgan fingerprint density at radius 1 is 1.14 bits per heavy atom. The van der Waals surface area contributed by atoms with E-state index in [1.165, 1.54) is 6.07 Å². The lowest BCUT2D eigenvalue weighted by atomic mass is 9.93. The Balaban J connectivity index is 2.10. The van der Waals surface area contributed by atoms with Crippen LogP contribution in [0.2, 0.25) is 0 Å². The average Bonchev–Trinajstić information content (AvgIpc) is 2.67. The molecule has 0 spiro atoms. The molecule has 2 aromatic rings. The minimum Gasteiger partial charge on any atom is -0.463 e. The first-order chi connectivity index (χ1) is 13.3. The van der Waals surface area contributed by atoms with Crippen molar-refractivity contribution in [1.29, 1.82) is 0 Å². The Kier molecular flexibility index (Phi) is 5.53. The molecular weight excluding hydrogens is 369 g/mol. The molecule has 1 atom stereocenters. The zero-order valence-electron chi connectivity index (χ0n) is 15.4. The molecule has 0 aromatic heterocycles. The number of nitrogens with one attached hydrogen (secondary N) is 1. The normalized spacial score (nSPS) is 17.0. The first-order valence-corrected chi connectivity index (χ1v) is 8.77. The number of ether oxygens (including phenoxy) is 1. The number of amidine groups is 1. The lowest BCUT2D eigenvalue weighted by Crippen LogP contribution is -2.37. The van der Waals surface area contributed by atoms with Crippen molar-refractivity contribution in [2.24, 2.45) is 4.99 Å². The molecule has 0 radical (unpaired) electrons. The summed E-state index contributed by atoms with van der Waals surface area (Å²) in [6, 6.07) is 13.3. The molecule has 4 nitrogen and oxygen atoms in total. The lowest BCUT2D eigenvalue weighted by Gasteiger charge is -2.28. The fraction of sp³-hybridized carbons (Fsp3) is 0.238. The van der Waals surface area contributed by atoms with Gasteiger partial charge in [0, 0.05) is 5.56 Å². The summed E-state index contributed by atoms with van der Waals surface area (Å²) < 4.78 is 44.7. The monoisotopic (exact) mass is 388 g/mol. The second-order valence-corrected chi connectivity index (χ2v) is 6.25. The fourth-order valence-electron chi connectivity index (χ4n) is 3.04.